The summed E-state index contributed by atoms with van der Waals surface area (Å²) in [5.41, 5.74) is 6.52. The molecule has 1 aliphatic rings. The zero-order valence-corrected chi connectivity index (χ0v) is 29.2. The van der Waals surface area contributed by atoms with Crippen LogP contribution >= 0.6 is 0 Å². The molecule has 0 unspecified atom stereocenters. The van der Waals surface area contributed by atoms with E-state index in [4.69, 9.17) is 9.98 Å². The standard InChI is InChI=1S/C47H39N3/c1-30-49-46(2,3)47(4,5)50(30)43-20-12-19-42(48-43)35-25-26-40-41(29-35)45(37-24-22-32-14-7-9-16-34(32)28-37)39-18-11-10-17-38(39)44(40)36-23-21-31-13-6-8-15-33(31)27-36/h6-29H,1-5H3. The van der Waals surface area contributed by atoms with Crippen LogP contribution in [0, 0.1) is 0 Å². The molecule has 0 fully saturated rings. The molecule has 0 atom stereocenters. The van der Waals surface area contributed by atoms with E-state index in [0.717, 1.165) is 22.9 Å². The van der Waals surface area contributed by atoms with Gasteiger partial charge in [-0.25, -0.2) is 4.98 Å². The number of amidine groups is 1. The first-order valence-corrected chi connectivity index (χ1v) is 17.5. The van der Waals surface area contributed by atoms with E-state index >= 15 is 0 Å². The molecule has 0 saturated carbocycles. The maximum absolute atomic E-state index is 5.31. The third-order valence-corrected chi connectivity index (χ3v) is 11.2. The summed E-state index contributed by atoms with van der Waals surface area (Å²) < 4.78 is 0. The van der Waals surface area contributed by atoms with Crippen LogP contribution in [0.3, 0.4) is 0 Å². The molecule has 1 aliphatic heterocycles. The van der Waals surface area contributed by atoms with Gasteiger partial charge in [0.2, 0.25) is 0 Å². The van der Waals surface area contributed by atoms with E-state index in [0.29, 0.717) is 0 Å². The Labute approximate surface area is 293 Å². The van der Waals surface area contributed by atoms with Crippen molar-refractivity contribution in [2.24, 2.45) is 4.99 Å². The van der Waals surface area contributed by atoms with Gasteiger partial charge in [0, 0.05) is 5.56 Å². The van der Waals surface area contributed by atoms with Crippen LogP contribution in [0.5, 0.6) is 0 Å². The molecule has 0 spiro atoms. The minimum Gasteiger partial charge on any atom is -0.307 e. The molecule has 0 amide bonds. The van der Waals surface area contributed by atoms with Crippen molar-refractivity contribution in [1.29, 1.82) is 0 Å². The molecule has 1 aromatic heterocycles. The van der Waals surface area contributed by atoms with Crippen molar-refractivity contribution >= 4 is 54.7 Å². The average molecular weight is 646 g/mol. The molecule has 3 heteroatoms. The largest absolute Gasteiger partial charge is 0.307 e. The number of fused-ring (bicyclic) bond motifs is 4. The fourth-order valence-electron chi connectivity index (χ4n) is 8.08. The Morgan fingerprint density at radius 3 is 1.56 bits per heavy atom. The molecule has 242 valence electrons. The lowest BCUT2D eigenvalue weighted by atomic mass is 9.83. The van der Waals surface area contributed by atoms with Crippen LogP contribution in [0.15, 0.2) is 151 Å². The molecule has 7 aromatic carbocycles. The molecule has 9 rings (SSSR count). The van der Waals surface area contributed by atoms with E-state index in [1.807, 2.05) is 0 Å². The van der Waals surface area contributed by atoms with E-state index in [2.05, 4.69) is 185 Å². The molecule has 0 bridgehead atoms. The number of rotatable bonds is 4. The summed E-state index contributed by atoms with van der Waals surface area (Å²) in [6, 6.07) is 53.2. The Morgan fingerprint density at radius 2 is 0.980 bits per heavy atom. The fourth-order valence-corrected chi connectivity index (χ4v) is 8.08. The molecule has 3 nitrogen and oxygen atoms in total. The Kier molecular flexibility index (Phi) is 6.73. The summed E-state index contributed by atoms with van der Waals surface area (Å²) >= 11 is 0. The zero-order valence-electron chi connectivity index (χ0n) is 29.2. The normalized spacial score (nSPS) is 15.3. The summed E-state index contributed by atoms with van der Waals surface area (Å²) in [6.45, 7) is 11.0. The van der Waals surface area contributed by atoms with Gasteiger partial charge in [-0.3, -0.25) is 4.99 Å². The second kappa shape index (κ2) is 11.1. The van der Waals surface area contributed by atoms with E-state index < -0.39 is 0 Å². The number of hydrogen-bond acceptors (Lipinski definition) is 3. The van der Waals surface area contributed by atoms with Gasteiger partial charge in [0.05, 0.1) is 16.8 Å². The van der Waals surface area contributed by atoms with Crippen LogP contribution in [-0.4, -0.2) is 21.9 Å². The first kappa shape index (κ1) is 30.3. The van der Waals surface area contributed by atoms with Gasteiger partial charge in [-0.15, -0.1) is 0 Å². The van der Waals surface area contributed by atoms with Gasteiger partial charge in [-0.2, -0.15) is 0 Å². The molecular weight excluding hydrogens is 607 g/mol. The maximum Gasteiger partial charge on any atom is 0.135 e. The second-order valence-corrected chi connectivity index (χ2v) is 14.7. The summed E-state index contributed by atoms with van der Waals surface area (Å²) in [5.74, 6) is 1.91. The third-order valence-electron chi connectivity index (χ3n) is 11.2. The van der Waals surface area contributed by atoms with Gasteiger partial charge in [0.15, 0.2) is 0 Å². The van der Waals surface area contributed by atoms with E-state index in [1.165, 1.54) is 65.3 Å². The summed E-state index contributed by atoms with van der Waals surface area (Å²) in [7, 11) is 0. The molecular formula is C47H39N3. The van der Waals surface area contributed by atoms with Crippen molar-refractivity contribution in [2.75, 3.05) is 4.90 Å². The lowest BCUT2D eigenvalue weighted by molar-refractivity contribution is 0.337. The number of anilines is 1. The first-order chi connectivity index (χ1) is 24.2. The predicted molar refractivity (Wildman–Crippen MR) is 214 cm³/mol. The number of hydrogen-bond donors (Lipinski definition) is 0. The van der Waals surface area contributed by atoms with Gasteiger partial charge < -0.3 is 4.90 Å². The Hall–Kier alpha value is -5.80. The van der Waals surface area contributed by atoms with Crippen LogP contribution in [0.1, 0.15) is 34.6 Å². The first-order valence-electron chi connectivity index (χ1n) is 17.5. The van der Waals surface area contributed by atoms with Crippen LogP contribution in [0.25, 0.3) is 76.6 Å². The van der Waals surface area contributed by atoms with Gasteiger partial charge in [0.1, 0.15) is 11.7 Å². The monoisotopic (exact) mass is 645 g/mol. The minimum absolute atomic E-state index is 0.219. The SMILES string of the molecule is CC1=NC(C)(C)C(C)(C)N1c1cccc(-c2ccc3c(-c4ccc5ccccc5c4)c4ccccc4c(-c4ccc5ccccc5c4)c3c2)n1. The van der Waals surface area contributed by atoms with E-state index in [1.54, 1.807) is 0 Å². The molecule has 0 N–H and O–H groups in total. The number of nitrogens with zero attached hydrogens (tertiary/aromatic N) is 3. The third kappa shape index (κ3) is 4.64. The molecule has 0 aliphatic carbocycles. The summed E-state index contributed by atoms with van der Waals surface area (Å²) in [6.07, 6.45) is 0. The lowest BCUT2D eigenvalue weighted by Crippen LogP contribution is -2.53. The van der Waals surface area contributed by atoms with Crippen molar-refractivity contribution in [2.45, 2.75) is 45.7 Å². The highest BCUT2D eigenvalue weighted by molar-refractivity contribution is 6.22. The van der Waals surface area contributed by atoms with Gasteiger partial charge in [-0.1, -0.05) is 115 Å². The average Bonchev–Trinajstić information content (AvgIpc) is 3.30. The maximum atomic E-state index is 5.31. The smallest absolute Gasteiger partial charge is 0.135 e. The zero-order chi connectivity index (χ0) is 34.2. The van der Waals surface area contributed by atoms with Crippen molar-refractivity contribution in [1.82, 2.24) is 4.98 Å². The van der Waals surface area contributed by atoms with Crippen molar-refractivity contribution in [3.05, 3.63) is 146 Å². The molecule has 8 aromatic rings. The highest BCUT2D eigenvalue weighted by atomic mass is 15.4. The fraction of sp³-hybridized carbons (Fsp3) is 0.149. The Morgan fingerprint density at radius 1 is 0.460 bits per heavy atom. The van der Waals surface area contributed by atoms with Crippen LogP contribution < -0.4 is 4.90 Å². The van der Waals surface area contributed by atoms with Crippen molar-refractivity contribution < 1.29 is 0 Å². The minimum atomic E-state index is -0.229. The quantitative estimate of drug-likeness (QED) is 0.178. The second-order valence-electron chi connectivity index (χ2n) is 14.7. The number of aromatic nitrogens is 1. The van der Waals surface area contributed by atoms with E-state index in [-0.39, 0.29) is 11.1 Å². The Balaban J connectivity index is 1.32. The highest BCUT2D eigenvalue weighted by Crippen LogP contribution is 2.46. The van der Waals surface area contributed by atoms with Gasteiger partial charge >= 0.3 is 0 Å². The molecule has 2 heterocycles. The van der Waals surface area contributed by atoms with Crippen LogP contribution in [0.4, 0.5) is 5.82 Å². The van der Waals surface area contributed by atoms with Crippen molar-refractivity contribution in [3.63, 3.8) is 0 Å². The Bertz CT molecular complexity index is 2680. The van der Waals surface area contributed by atoms with Gasteiger partial charge in [0.25, 0.3) is 0 Å². The molecule has 0 saturated heterocycles. The summed E-state index contributed by atoms with van der Waals surface area (Å²) in [5, 5.41) is 9.90. The molecule has 0 radical (unpaired) electrons. The number of pyridine rings is 1. The van der Waals surface area contributed by atoms with E-state index in [9.17, 15) is 0 Å². The van der Waals surface area contributed by atoms with Crippen LogP contribution in [-0.2, 0) is 0 Å². The lowest BCUT2D eigenvalue weighted by Gasteiger charge is -2.40. The summed E-state index contributed by atoms with van der Waals surface area (Å²) in [4.78, 5) is 12.6. The predicted octanol–water partition coefficient (Wildman–Crippen LogP) is 12.5. The highest BCUT2D eigenvalue weighted by Gasteiger charge is 2.48. The number of aliphatic imine (C=N–C) groups is 1. The van der Waals surface area contributed by atoms with Gasteiger partial charge in [-0.05, 0) is 130 Å². The topological polar surface area (TPSA) is 28.5 Å². The molecule has 50 heavy (non-hydrogen) atoms. The van der Waals surface area contributed by atoms with Crippen molar-refractivity contribution in [3.8, 4) is 33.5 Å². The van der Waals surface area contributed by atoms with Crippen LogP contribution in [0.2, 0.25) is 0 Å². The number of benzene rings is 7.